The van der Waals surface area contributed by atoms with Crippen molar-refractivity contribution in [3.63, 3.8) is 0 Å². The largest absolute Gasteiger partial charge is 0.310 e. The Kier molecular flexibility index (Phi) is 3.91. The molecule has 0 aromatic carbocycles. The quantitative estimate of drug-likeness (QED) is 0.775. The summed E-state index contributed by atoms with van der Waals surface area (Å²) in [7, 11) is 2.25. The molecule has 2 rings (SSSR count). The van der Waals surface area contributed by atoms with E-state index in [1.54, 1.807) is 0 Å². The van der Waals surface area contributed by atoms with Gasteiger partial charge < -0.3 is 10.2 Å². The summed E-state index contributed by atoms with van der Waals surface area (Å²) in [5.41, 5.74) is 0. The van der Waals surface area contributed by atoms with Crippen LogP contribution in [0, 0.1) is 11.8 Å². The summed E-state index contributed by atoms with van der Waals surface area (Å²) in [5.74, 6) is 1.81. The smallest absolute Gasteiger partial charge is 0.0212 e. The van der Waals surface area contributed by atoms with Gasteiger partial charge in [0.1, 0.15) is 0 Å². The minimum absolute atomic E-state index is 0.737. The Morgan fingerprint density at radius 1 is 1.06 bits per heavy atom. The fraction of sp³-hybridized carbons (Fsp3) is 1.00. The summed E-state index contributed by atoms with van der Waals surface area (Å²) in [4.78, 5) is 2.48. The van der Waals surface area contributed by atoms with E-state index in [4.69, 9.17) is 0 Å². The van der Waals surface area contributed by atoms with Crippen LogP contribution in [-0.2, 0) is 0 Å². The summed E-state index contributed by atoms with van der Waals surface area (Å²) in [6.45, 7) is 8.40. The van der Waals surface area contributed by atoms with Gasteiger partial charge in [0.15, 0.2) is 0 Å². The van der Waals surface area contributed by atoms with E-state index in [1.165, 1.54) is 32.2 Å². The molecule has 0 bridgehead atoms. The molecular weight excluding hydrogens is 196 g/mol. The summed E-state index contributed by atoms with van der Waals surface area (Å²) in [5, 5.41) is 3.91. The zero-order chi connectivity index (χ0) is 11.7. The topological polar surface area (TPSA) is 15.3 Å². The van der Waals surface area contributed by atoms with Crippen molar-refractivity contribution in [1.29, 1.82) is 0 Å². The molecule has 0 radical (unpaired) electrons. The van der Waals surface area contributed by atoms with E-state index in [0.29, 0.717) is 0 Å². The molecule has 1 saturated heterocycles. The molecule has 0 aromatic rings. The summed E-state index contributed by atoms with van der Waals surface area (Å²) >= 11 is 0. The molecule has 2 heteroatoms. The Bertz CT molecular complexity index is 219. The van der Waals surface area contributed by atoms with Gasteiger partial charge in [-0.3, -0.25) is 0 Å². The lowest BCUT2D eigenvalue weighted by Crippen LogP contribution is -2.45. The van der Waals surface area contributed by atoms with Gasteiger partial charge in [-0.25, -0.2) is 0 Å². The third kappa shape index (κ3) is 2.78. The first kappa shape index (κ1) is 12.4. The third-order valence-electron chi connectivity index (χ3n) is 4.77. The number of nitrogens with zero attached hydrogens (tertiary/aromatic N) is 1. The zero-order valence-corrected chi connectivity index (χ0v) is 11.4. The lowest BCUT2D eigenvalue weighted by molar-refractivity contribution is 0.213. The van der Waals surface area contributed by atoms with Crippen molar-refractivity contribution < 1.29 is 0 Å². The fourth-order valence-corrected chi connectivity index (χ4v) is 3.53. The molecule has 1 heterocycles. The van der Waals surface area contributed by atoms with E-state index in [2.05, 4.69) is 38.0 Å². The van der Waals surface area contributed by atoms with Crippen LogP contribution in [0.5, 0.6) is 0 Å². The summed E-state index contributed by atoms with van der Waals surface area (Å²) in [6, 6.07) is 2.27. The summed E-state index contributed by atoms with van der Waals surface area (Å²) in [6.07, 6.45) is 5.54. The second-order valence-electron chi connectivity index (χ2n) is 6.39. The van der Waals surface area contributed by atoms with Crippen molar-refractivity contribution in [2.75, 3.05) is 13.6 Å². The predicted octanol–water partition coefficient (Wildman–Crippen LogP) is 2.49. The highest BCUT2D eigenvalue weighted by atomic mass is 15.2. The maximum Gasteiger partial charge on any atom is 0.0212 e. The number of likely N-dealkylation sites (N-methyl/N-ethyl adjacent to an activating group) is 1. The zero-order valence-electron chi connectivity index (χ0n) is 11.4. The number of hydrogen-bond acceptors (Lipinski definition) is 2. The standard InChI is InChI=1S/C14H28N2/c1-10-5-6-14(11(2)7-10)15-13-8-12(3)16(4)9-13/h10-15H,5-9H2,1-4H3. The monoisotopic (exact) mass is 224 g/mol. The van der Waals surface area contributed by atoms with Crippen LogP contribution in [0.2, 0.25) is 0 Å². The molecule has 5 atom stereocenters. The SMILES string of the molecule is CC1CCC(NC2CC(C)N(C)C2)C(C)C1. The van der Waals surface area contributed by atoms with Crippen LogP contribution in [0.1, 0.15) is 46.5 Å². The maximum absolute atomic E-state index is 3.91. The van der Waals surface area contributed by atoms with E-state index in [9.17, 15) is 0 Å². The van der Waals surface area contributed by atoms with Crippen molar-refractivity contribution in [3.8, 4) is 0 Å². The van der Waals surface area contributed by atoms with Crippen LogP contribution < -0.4 is 5.32 Å². The Balaban J connectivity index is 1.81. The first-order valence-corrected chi connectivity index (χ1v) is 7.02. The second kappa shape index (κ2) is 5.05. The fourth-order valence-electron chi connectivity index (χ4n) is 3.53. The normalized spacial score (nSPS) is 46.1. The molecular formula is C14H28N2. The Labute approximate surface area is 101 Å². The average molecular weight is 224 g/mol. The van der Waals surface area contributed by atoms with Gasteiger partial charge >= 0.3 is 0 Å². The van der Waals surface area contributed by atoms with Gasteiger partial charge in [0.2, 0.25) is 0 Å². The van der Waals surface area contributed by atoms with Gasteiger partial charge in [0.05, 0.1) is 0 Å². The molecule has 2 fully saturated rings. The lowest BCUT2D eigenvalue weighted by atomic mass is 9.79. The highest BCUT2D eigenvalue weighted by Gasteiger charge is 2.31. The third-order valence-corrected chi connectivity index (χ3v) is 4.77. The van der Waals surface area contributed by atoms with Gasteiger partial charge in [-0.05, 0) is 51.5 Å². The molecule has 94 valence electrons. The van der Waals surface area contributed by atoms with Gasteiger partial charge in [0.25, 0.3) is 0 Å². The van der Waals surface area contributed by atoms with Crippen LogP contribution in [0.25, 0.3) is 0 Å². The first-order valence-electron chi connectivity index (χ1n) is 7.02. The molecule has 1 aliphatic heterocycles. The van der Waals surface area contributed by atoms with E-state index in [0.717, 1.165) is 30.0 Å². The average Bonchev–Trinajstić information content (AvgIpc) is 2.51. The number of hydrogen-bond donors (Lipinski definition) is 1. The Morgan fingerprint density at radius 3 is 2.38 bits per heavy atom. The molecule has 16 heavy (non-hydrogen) atoms. The van der Waals surface area contributed by atoms with Gasteiger partial charge in [-0.1, -0.05) is 13.8 Å². The maximum atomic E-state index is 3.91. The second-order valence-corrected chi connectivity index (χ2v) is 6.39. The molecule has 0 amide bonds. The van der Waals surface area contributed by atoms with Crippen molar-refractivity contribution in [2.45, 2.75) is 64.6 Å². The first-order chi connectivity index (χ1) is 7.56. The highest BCUT2D eigenvalue weighted by molar-refractivity contribution is 4.90. The van der Waals surface area contributed by atoms with E-state index >= 15 is 0 Å². The molecule has 5 unspecified atom stereocenters. The molecule has 1 saturated carbocycles. The van der Waals surface area contributed by atoms with Crippen molar-refractivity contribution in [1.82, 2.24) is 10.2 Å². The number of rotatable bonds is 2. The Morgan fingerprint density at radius 2 is 1.81 bits per heavy atom. The van der Waals surface area contributed by atoms with Crippen LogP contribution in [-0.4, -0.2) is 36.6 Å². The molecule has 1 N–H and O–H groups in total. The Hall–Kier alpha value is -0.0800. The van der Waals surface area contributed by atoms with E-state index in [-0.39, 0.29) is 0 Å². The van der Waals surface area contributed by atoms with E-state index in [1.807, 2.05) is 0 Å². The van der Waals surface area contributed by atoms with Crippen LogP contribution in [0.4, 0.5) is 0 Å². The van der Waals surface area contributed by atoms with Crippen molar-refractivity contribution in [3.05, 3.63) is 0 Å². The van der Waals surface area contributed by atoms with Crippen LogP contribution in [0.3, 0.4) is 0 Å². The molecule has 0 aromatic heterocycles. The molecule has 2 aliphatic rings. The number of likely N-dealkylation sites (tertiary alicyclic amines) is 1. The molecule has 1 aliphatic carbocycles. The number of nitrogens with one attached hydrogen (secondary N) is 1. The lowest BCUT2D eigenvalue weighted by Gasteiger charge is -2.35. The van der Waals surface area contributed by atoms with Gasteiger partial charge in [0, 0.05) is 24.7 Å². The summed E-state index contributed by atoms with van der Waals surface area (Å²) < 4.78 is 0. The molecule has 0 spiro atoms. The van der Waals surface area contributed by atoms with E-state index < -0.39 is 0 Å². The van der Waals surface area contributed by atoms with Gasteiger partial charge in [-0.15, -0.1) is 0 Å². The minimum atomic E-state index is 0.737. The van der Waals surface area contributed by atoms with Gasteiger partial charge in [-0.2, -0.15) is 0 Å². The van der Waals surface area contributed by atoms with Crippen molar-refractivity contribution >= 4 is 0 Å². The molecule has 2 nitrogen and oxygen atoms in total. The highest BCUT2D eigenvalue weighted by Crippen LogP contribution is 2.29. The van der Waals surface area contributed by atoms with Crippen LogP contribution >= 0.6 is 0 Å². The van der Waals surface area contributed by atoms with Crippen LogP contribution in [0.15, 0.2) is 0 Å². The van der Waals surface area contributed by atoms with Crippen molar-refractivity contribution in [2.24, 2.45) is 11.8 Å². The predicted molar refractivity (Wildman–Crippen MR) is 69.6 cm³/mol. The minimum Gasteiger partial charge on any atom is -0.310 e.